The predicted molar refractivity (Wildman–Crippen MR) is 112 cm³/mol. The van der Waals surface area contributed by atoms with Gasteiger partial charge in [-0.25, -0.2) is 0 Å². The molecule has 0 atom stereocenters. The highest BCUT2D eigenvalue weighted by Crippen LogP contribution is 2.22. The van der Waals surface area contributed by atoms with E-state index in [9.17, 15) is 9.59 Å². The molecule has 1 aromatic carbocycles. The SMILES string of the molecule is CC(C)CNC(=O)c1cncc(C(=O)Nc2ccc(N3CCCCC3)cc2)c1. The summed E-state index contributed by atoms with van der Waals surface area (Å²) < 4.78 is 0. The lowest BCUT2D eigenvalue weighted by atomic mass is 10.1. The molecular weight excluding hydrogens is 352 g/mol. The maximum atomic E-state index is 12.5. The number of benzene rings is 1. The van der Waals surface area contributed by atoms with Crippen LogP contribution in [0.5, 0.6) is 0 Å². The third kappa shape index (κ3) is 5.31. The average Bonchev–Trinajstić information content (AvgIpc) is 2.73. The average molecular weight is 380 g/mol. The summed E-state index contributed by atoms with van der Waals surface area (Å²) in [5.41, 5.74) is 2.65. The highest BCUT2D eigenvalue weighted by atomic mass is 16.2. The highest BCUT2D eigenvalue weighted by molar-refractivity contribution is 6.05. The van der Waals surface area contributed by atoms with Crippen molar-refractivity contribution < 1.29 is 9.59 Å². The second-order valence-corrected chi connectivity index (χ2v) is 7.61. The second kappa shape index (κ2) is 9.35. The van der Waals surface area contributed by atoms with Crippen LogP contribution in [-0.2, 0) is 0 Å². The Balaban J connectivity index is 1.62. The van der Waals surface area contributed by atoms with E-state index >= 15 is 0 Å². The molecule has 28 heavy (non-hydrogen) atoms. The lowest BCUT2D eigenvalue weighted by Crippen LogP contribution is -2.29. The Labute approximate surface area is 166 Å². The minimum Gasteiger partial charge on any atom is -0.372 e. The van der Waals surface area contributed by atoms with Gasteiger partial charge >= 0.3 is 0 Å². The van der Waals surface area contributed by atoms with Gasteiger partial charge in [0.05, 0.1) is 11.1 Å². The number of hydrogen-bond donors (Lipinski definition) is 2. The molecule has 2 amide bonds. The Morgan fingerprint density at radius 2 is 1.64 bits per heavy atom. The van der Waals surface area contributed by atoms with E-state index in [0.29, 0.717) is 23.6 Å². The van der Waals surface area contributed by atoms with E-state index in [1.165, 1.54) is 37.3 Å². The monoisotopic (exact) mass is 380 g/mol. The molecule has 0 spiro atoms. The maximum absolute atomic E-state index is 12.5. The van der Waals surface area contributed by atoms with Gasteiger partial charge in [-0.05, 0) is 55.5 Å². The number of nitrogens with one attached hydrogen (secondary N) is 2. The zero-order valence-electron chi connectivity index (χ0n) is 16.6. The summed E-state index contributed by atoms with van der Waals surface area (Å²) in [6, 6.07) is 9.47. The van der Waals surface area contributed by atoms with E-state index < -0.39 is 0 Å². The van der Waals surface area contributed by atoms with E-state index in [2.05, 4.69) is 20.5 Å². The number of rotatable bonds is 6. The zero-order valence-corrected chi connectivity index (χ0v) is 16.6. The fourth-order valence-electron chi connectivity index (χ4n) is 3.20. The molecule has 0 saturated carbocycles. The van der Waals surface area contributed by atoms with E-state index in [1.54, 1.807) is 6.07 Å². The molecule has 6 nitrogen and oxygen atoms in total. The minimum absolute atomic E-state index is 0.221. The van der Waals surface area contributed by atoms with Crippen LogP contribution in [-0.4, -0.2) is 36.4 Å². The van der Waals surface area contributed by atoms with Crippen LogP contribution in [0.1, 0.15) is 53.8 Å². The minimum atomic E-state index is -0.281. The lowest BCUT2D eigenvalue weighted by molar-refractivity contribution is 0.0948. The molecule has 0 unspecified atom stereocenters. The Kier molecular flexibility index (Phi) is 6.63. The lowest BCUT2D eigenvalue weighted by Gasteiger charge is -2.28. The van der Waals surface area contributed by atoms with Crippen LogP contribution >= 0.6 is 0 Å². The van der Waals surface area contributed by atoms with Gasteiger partial charge in [-0.15, -0.1) is 0 Å². The summed E-state index contributed by atoms with van der Waals surface area (Å²) in [5, 5.41) is 5.71. The van der Waals surface area contributed by atoms with Gasteiger partial charge in [0.15, 0.2) is 0 Å². The van der Waals surface area contributed by atoms with Crippen molar-refractivity contribution in [3.63, 3.8) is 0 Å². The molecule has 3 rings (SSSR count). The van der Waals surface area contributed by atoms with Gasteiger partial charge in [-0.3, -0.25) is 14.6 Å². The van der Waals surface area contributed by atoms with Crippen LogP contribution in [0.25, 0.3) is 0 Å². The predicted octanol–water partition coefficient (Wildman–Crippen LogP) is 3.71. The third-order valence-electron chi connectivity index (χ3n) is 4.78. The van der Waals surface area contributed by atoms with Crippen LogP contribution < -0.4 is 15.5 Å². The Morgan fingerprint density at radius 3 is 2.29 bits per heavy atom. The molecule has 0 bridgehead atoms. The summed E-state index contributed by atoms with van der Waals surface area (Å²) in [4.78, 5) is 31.1. The van der Waals surface area contributed by atoms with Crippen molar-refractivity contribution >= 4 is 23.2 Å². The van der Waals surface area contributed by atoms with E-state index in [-0.39, 0.29) is 11.8 Å². The molecular formula is C22H28N4O2. The summed E-state index contributed by atoms with van der Waals surface area (Å²) >= 11 is 0. The van der Waals surface area contributed by atoms with Crippen molar-refractivity contribution in [2.75, 3.05) is 29.9 Å². The number of hydrogen-bond acceptors (Lipinski definition) is 4. The maximum Gasteiger partial charge on any atom is 0.257 e. The van der Waals surface area contributed by atoms with Gasteiger partial charge in [0.1, 0.15) is 0 Å². The molecule has 2 N–H and O–H groups in total. The van der Waals surface area contributed by atoms with Gasteiger partial charge in [0, 0.05) is 43.4 Å². The quantitative estimate of drug-likeness (QED) is 0.801. The number of aromatic nitrogens is 1. The van der Waals surface area contributed by atoms with Crippen molar-refractivity contribution in [2.24, 2.45) is 5.92 Å². The topological polar surface area (TPSA) is 74.3 Å². The number of pyridine rings is 1. The molecule has 2 aromatic rings. The molecule has 2 heterocycles. The fraction of sp³-hybridized carbons (Fsp3) is 0.409. The fourth-order valence-corrected chi connectivity index (χ4v) is 3.20. The van der Waals surface area contributed by atoms with Crippen LogP contribution in [0.3, 0.4) is 0 Å². The highest BCUT2D eigenvalue weighted by Gasteiger charge is 2.13. The third-order valence-corrected chi connectivity index (χ3v) is 4.78. The van der Waals surface area contributed by atoms with Gasteiger partial charge < -0.3 is 15.5 Å². The number of carbonyl (C=O) groups excluding carboxylic acids is 2. The van der Waals surface area contributed by atoms with E-state index in [0.717, 1.165) is 18.8 Å². The first-order valence-electron chi connectivity index (χ1n) is 9.92. The Hall–Kier alpha value is -2.89. The molecule has 0 aliphatic carbocycles. The molecule has 1 aliphatic rings. The van der Waals surface area contributed by atoms with Crippen LogP contribution in [0.2, 0.25) is 0 Å². The normalized spacial score (nSPS) is 14.0. The Morgan fingerprint density at radius 1 is 1.00 bits per heavy atom. The first kappa shape index (κ1) is 19.9. The smallest absolute Gasteiger partial charge is 0.257 e. The number of nitrogens with zero attached hydrogens (tertiary/aromatic N) is 2. The summed E-state index contributed by atoms with van der Waals surface area (Å²) in [5.74, 6) is -0.144. The molecule has 6 heteroatoms. The van der Waals surface area contributed by atoms with Gasteiger partial charge in [0.2, 0.25) is 0 Å². The summed E-state index contributed by atoms with van der Waals surface area (Å²) in [6.07, 6.45) is 6.70. The molecule has 148 valence electrons. The molecule has 1 saturated heterocycles. The van der Waals surface area contributed by atoms with Crippen molar-refractivity contribution in [3.05, 3.63) is 53.9 Å². The largest absolute Gasteiger partial charge is 0.372 e. The standard InChI is InChI=1S/C22H28N4O2/c1-16(2)13-24-21(27)17-12-18(15-23-14-17)22(28)25-19-6-8-20(9-7-19)26-10-4-3-5-11-26/h6-9,12,14-16H,3-5,10-11,13H2,1-2H3,(H,24,27)(H,25,28). The number of amides is 2. The van der Waals surface area contributed by atoms with Gasteiger partial charge in [-0.2, -0.15) is 0 Å². The number of piperidine rings is 1. The zero-order chi connectivity index (χ0) is 19.9. The first-order chi connectivity index (χ1) is 13.5. The summed E-state index contributed by atoms with van der Waals surface area (Å²) in [7, 11) is 0. The van der Waals surface area contributed by atoms with E-state index in [4.69, 9.17) is 0 Å². The Bertz CT molecular complexity index is 812. The van der Waals surface area contributed by atoms with E-state index in [1.807, 2.05) is 38.1 Å². The second-order valence-electron chi connectivity index (χ2n) is 7.61. The van der Waals surface area contributed by atoms with Gasteiger partial charge in [0.25, 0.3) is 11.8 Å². The van der Waals surface area contributed by atoms with Crippen LogP contribution in [0.15, 0.2) is 42.7 Å². The van der Waals surface area contributed by atoms with Crippen molar-refractivity contribution in [2.45, 2.75) is 33.1 Å². The molecule has 1 fully saturated rings. The number of carbonyl (C=O) groups is 2. The number of anilines is 2. The van der Waals surface area contributed by atoms with Gasteiger partial charge in [-0.1, -0.05) is 13.8 Å². The first-order valence-corrected chi connectivity index (χ1v) is 9.92. The van der Waals surface area contributed by atoms with Crippen molar-refractivity contribution in [1.29, 1.82) is 0 Å². The van der Waals surface area contributed by atoms with Crippen molar-refractivity contribution in [1.82, 2.24) is 10.3 Å². The molecule has 1 aromatic heterocycles. The molecule has 1 aliphatic heterocycles. The van der Waals surface area contributed by atoms with Crippen LogP contribution in [0, 0.1) is 5.92 Å². The van der Waals surface area contributed by atoms with Crippen LogP contribution in [0.4, 0.5) is 11.4 Å². The van der Waals surface area contributed by atoms with Crippen molar-refractivity contribution in [3.8, 4) is 0 Å². The summed E-state index contributed by atoms with van der Waals surface area (Å²) in [6.45, 7) is 6.81. The molecule has 0 radical (unpaired) electrons.